The summed E-state index contributed by atoms with van der Waals surface area (Å²) in [5, 5.41) is 0. The van der Waals surface area contributed by atoms with Crippen LogP contribution >= 0.6 is 0 Å². The lowest BCUT2D eigenvalue weighted by atomic mass is 9.82. The molecule has 20 heavy (non-hydrogen) atoms. The van der Waals surface area contributed by atoms with E-state index in [-0.39, 0.29) is 24.1 Å². The van der Waals surface area contributed by atoms with Crippen LogP contribution < -0.4 is 0 Å². The Bertz CT molecular complexity index is 486. The first-order chi connectivity index (χ1) is 9.25. The first-order valence-corrected chi connectivity index (χ1v) is 6.50. The van der Waals surface area contributed by atoms with Crippen molar-refractivity contribution < 1.29 is 18.8 Å². The van der Waals surface area contributed by atoms with Crippen molar-refractivity contribution in [2.75, 3.05) is 7.11 Å². The summed E-state index contributed by atoms with van der Waals surface area (Å²) in [4.78, 5) is 19.2. The summed E-state index contributed by atoms with van der Waals surface area (Å²) in [5.41, 5.74) is 0.130. The fourth-order valence-corrected chi connectivity index (χ4v) is 1.90. The van der Waals surface area contributed by atoms with Crippen molar-refractivity contribution in [3.05, 3.63) is 23.8 Å². The number of hydrogen-bond acceptors (Lipinski definition) is 6. The van der Waals surface area contributed by atoms with Gasteiger partial charge in [-0.1, -0.05) is 0 Å². The highest BCUT2D eigenvalue weighted by atomic mass is 16.7. The summed E-state index contributed by atoms with van der Waals surface area (Å²) in [5.74, 6) is -0.502. The Balaban J connectivity index is 2.03. The molecule has 1 aromatic rings. The molecule has 0 saturated carbocycles. The third-order valence-corrected chi connectivity index (χ3v) is 3.78. The van der Waals surface area contributed by atoms with Crippen LogP contribution in [0.5, 0.6) is 0 Å². The fraction of sp³-hybridized carbons (Fsp3) is 0.615. The lowest BCUT2D eigenvalue weighted by Crippen LogP contribution is -2.41. The van der Waals surface area contributed by atoms with E-state index in [0.717, 1.165) is 5.56 Å². The summed E-state index contributed by atoms with van der Waals surface area (Å²) >= 11 is 0. The van der Waals surface area contributed by atoms with E-state index in [0.29, 0.717) is 6.32 Å². The van der Waals surface area contributed by atoms with Crippen molar-refractivity contribution in [1.29, 1.82) is 0 Å². The Labute approximate surface area is 119 Å². The standard InChI is InChI=1S/C13H19BN2O4/c1-12(2)13(3,4)20-14(19-12)6-9-7-15-10(16-8-9)11(17)18-5/h7-8H,6H2,1-5H3. The largest absolute Gasteiger partial charge is 0.463 e. The van der Waals surface area contributed by atoms with Crippen LogP contribution in [0.4, 0.5) is 0 Å². The van der Waals surface area contributed by atoms with Crippen LogP contribution in [0.1, 0.15) is 43.9 Å². The SMILES string of the molecule is COC(=O)c1ncc(CB2OC(C)(C)C(C)(C)O2)cn1. The predicted molar refractivity (Wildman–Crippen MR) is 73.2 cm³/mol. The molecule has 1 saturated heterocycles. The maximum absolute atomic E-state index is 11.2. The Morgan fingerprint density at radius 1 is 1.20 bits per heavy atom. The van der Waals surface area contributed by atoms with Crippen molar-refractivity contribution in [2.45, 2.75) is 45.2 Å². The summed E-state index contributed by atoms with van der Waals surface area (Å²) in [7, 11) is 0.955. The molecule has 2 heterocycles. The number of methoxy groups -OCH3 is 1. The van der Waals surface area contributed by atoms with E-state index < -0.39 is 5.97 Å². The molecule has 1 aliphatic rings. The first-order valence-electron chi connectivity index (χ1n) is 6.50. The molecule has 1 aromatic heterocycles. The Kier molecular flexibility index (Phi) is 3.84. The highest BCUT2D eigenvalue weighted by molar-refractivity contribution is 6.45. The highest BCUT2D eigenvalue weighted by Gasteiger charge is 2.50. The van der Waals surface area contributed by atoms with Gasteiger partial charge in [-0.3, -0.25) is 0 Å². The van der Waals surface area contributed by atoms with Crippen molar-refractivity contribution in [3.63, 3.8) is 0 Å². The van der Waals surface area contributed by atoms with Gasteiger partial charge in [0.1, 0.15) is 0 Å². The van der Waals surface area contributed by atoms with Crippen molar-refractivity contribution in [1.82, 2.24) is 9.97 Å². The van der Waals surface area contributed by atoms with Crippen molar-refractivity contribution >= 4 is 13.1 Å². The van der Waals surface area contributed by atoms with Gasteiger partial charge in [0.15, 0.2) is 0 Å². The van der Waals surface area contributed by atoms with Crippen LogP contribution in [0.25, 0.3) is 0 Å². The number of carbonyl (C=O) groups excluding carboxylic acids is 1. The van der Waals surface area contributed by atoms with E-state index in [2.05, 4.69) is 14.7 Å². The van der Waals surface area contributed by atoms with Crippen molar-refractivity contribution in [2.24, 2.45) is 0 Å². The third kappa shape index (κ3) is 2.83. The van der Waals surface area contributed by atoms with E-state index >= 15 is 0 Å². The summed E-state index contributed by atoms with van der Waals surface area (Å²) < 4.78 is 16.3. The summed E-state index contributed by atoms with van der Waals surface area (Å²) in [6.45, 7) is 8.02. The predicted octanol–water partition coefficient (Wildman–Crippen LogP) is 1.44. The normalized spacial score (nSPS) is 19.9. The van der Waals surface area contributed by atoms with Gasteiger partial charge in [-0.05, 0) is 33.3 Å². The third-order valence-electron chi connectivity index (χ3n) is 3.78. The molecule has 108 valence electrons. The number of hydrogen-bond donors (Lipinski definition) is 0. The fourth-order valence-electron chi connectivity index (χ4n) is 1.90. The molecule has 1 aliphatic heterocycles. The van der Waals surface area contributed by atoms with Gasteiger partial charge in [0.05, 0.1) is 18.3 Å². The number of ether oxygens (including phenoxy) is 1. The zero-order valence-electron chi connectivity index (χ0n) is 12.5. The molecule has 0 bridgehead atoms. The van der Waals surface area contributed by atoms with Crippen LogP contribution in [0.2, 0.25) is 0 Å². The van der Waals surface area contributed by atoms with Crippen LogP contribution in [-0.4, -0.2) is 41.4 Å². The van der Waals surface area contributed by atoms with Gasteiger partial charge < -0.3 is 14.0 Å². The molecule has 0 atom stereocenters. The number of nitrogens with zero attached hydrogens (tertiary/aromatic N) is 2. The lowest BCUT2D eigenvalue weighted by molar-refractivity contribution is 0.00578. The Hall–Kier alpha value is -1.47. The number of esters is 1. The molecule has 0 radical (unpaired) electrons. The Morgan fingerprint density at radius 2 is 1.70 bits per heavy atom. The molecule has 1 fully saturated rings. The van der Waals surface area contributed by atoms with Crippen LogP contribution in [0.3, 0.4) is 0 Å². The topological polar surface area (TPSA) is 70.5 Å². The van der Waals surface area contributed by atoms with Gasteiger partial charge in [0, 0.05) is 18.7 Å². The van der Waals surface area contributed by atoms with Crippen molar-refractivity contribution in [3.8, 4) is 0 Å². The minimum Gasteiger partial charge on any atom is -0.463 e. The lowest BCUT2D eigenvalue weighted by Gasteiger charge is -2.32. The van der Waals surface area contributed by atoms with E-state index in [1.54, 1.807) is 12.4 Å². The van der Waals surface area contributed by atoms with Gasteiger partial charge in [0.25, 0.3) is 0 Å². The second-order valence-corrected chi connectivity index (χ2v) is 5.80. The number of rotatable bonds is 3. The van der Waals surface area contributed by atoms with Gasteiger partial charge in [-0.25, -0.2) is 14.8 Å². The number of aromatic nitrogens is 2. The molecule has 6 nitrogen and oxygen atoms in total. The average molecular weight is 278 g/mol. The zero-order valence-corrected chi connectivity index (χ0v) is 12.5. The summed E-state index contributed by atoms with van der Waals surface area (Å²) in [6.07, 6.45) is 3.71. The highest BCUT2D eigenvalue weighted by Crippen LogP contribution is 2.37. The Morgan fingerprint density at radius 3 is 2.15 bits per heavy atom. The molecule has 7 heteroatoms. The molecular weight excluding hydrogens is 259 g/mol. The van der Waals surface area contributed by atoms with Crippen LogP contribution in [-0.2, 0) is 20.4 Å². The molecule has 0 aromatic carbocycles. The quantitative estimate of drug-likeness (QED) is 0.615. The van der Waals surface area contributed by atoms with Gasteiger partial charge >= 0.3 is 13.1 Å². The molecule has 0 aliphatic carbocycles. The van der Waals surface area contributed by atoms with Gasteiger partial charge in [0.2, 0.25) is 5.82 Å². The van der Waals surface area contributed by atoms with Gasteiger partial charge in [-0.15, -0.1) is 0 Å². The molecule has 0 unspecified atom stereocenters. The second-order valence-electron chi connectivity index (χ2n) is 5.80. The minimum atomic E-state index is -0.549. The zero-order chi connectivity index (χ0) is 15.0. The van der Waals surface area contributed by atoms with E-state index in [1.807, 2.05) is 27.7 Å². The molecule has 2 rings (SSSR count). The van der Waals surface area contributed by atoms with E-state index in [4.69, 9.17) is 9.31 Å². The maximum atomic E-state index is 11.2. The maximum Gasteiger partial charge on any atom is 0.462 e. The molecular formula is C13H19BN2O4. The summed E-state index contributed by atoms with van der Waals surface area (Å²) in [6, 6.07) is 0. The van der Waals surface area contributed by atoms with Crippen LogP contribution in [0.15, 0.2) is 12.4 Å². The average Bonchev–Trinajstić information content (AvgIpc) is 2.57. The van der Waals surface area contributed by atoms with Crippen LogP contribution in [0, 0.1) is 0 Å². The molecule has 0 spiro atoms. The first kappa shape index (κ1) is 14.9. The number of carbonyl (C=O) groups is 1. The van der Waals surface area contributed by atoms with E-state index in [9.17, 15) is 4.79 Å². The molecule has 0 amide bonds. The van der Waals surface area contributed by atoms with E-state index in [1.165, 1.54) is 7.11 Å². The minimum absolute atomic E-state index is 0.0465. The second kappa shape index (κ2) is 5.14. The molecule has 0 N–H and O–H groups in total. The smallest absolute Gasteiger partial charge is 0.462 e. The van der Waals surface area contributed by atoms with Gasteiger partial charge in [-0.2, -0.15) is 0 Å². The monoisotopic (exact) mass is 278 g/mol.